The van der Waals surface area contributed by atoms with Gasteiger partial charge in [-0.2, -0.15) is 0 Å². The number of benzene rings is 1. The molecule has 1 aliphatic carbocycles. The van der Waals surface area contributed by atoms with Crippen LogP contribution in [-0.2, 0) is 17.8 Å². The molecule has 0 radical (unpaired) electrons. The summed E-state index contributed by atoms with van der Waals surface area (Å²) in [4.78, 5) is 25.3. The topological polar surface area (TPSA) is 61.4 Å². The van der Waals surface area contributed by atoms with E-state index in [2.05, 4.69) is 10.6 Å². The second-order valence-corrected chi connectivity index (χ2v) is 6.25. The largest absolute Gasteiger partial charge is 0.335 e. The molecule has 0 bridgehead atoms. The van der Waals surface area contributed by atoms with Crippen LogP contribution in [0.4, 0.5) is 10.5 Å². The first kappa shape index (κ1) is 14.9. The molecule has 3 amide bonds. The van der Waals surface area contributed by atoms with Gasteiger partial charge in [0, 0.05) is 25.3 Å². The SMILES string of the molecule is CN1C(=O)Cc2cc(CNC(=O)NC3CCCCC3)ccc21. The van der Waals surface area contributed by atoms with E-state index in [1.807, 2.05) is 18.2 Å². The molecule has 5 nitrogen and oxygen atoms in total. The Morgan fingerprint density at radius 1 is 1.27 bits per heavy atom. The third kappa shape index (κ3) is 3.24. The summed E-state index contributed by atoms with van der Waals surface area (Å²) in [6, 6.07) is 6.16. The smallest absolute Gasteiger partial charge is 0.315 e. The minimum Gasteiger partial charge on any atom is -0.335 e. The van der Waals surface area contributed by atoms with Crippen LogP contribution in [0, 0.1) is 0 Å². The van der Waals surface area contributed by atoms with Gasteiger partial charge in [0.1, 0.15) is 0 Å². The van der Waals surface area contributed by atoms with Gasteiger partial charge in [-0.1, -0.05) is 31.4 Å². The van der Waals surface area contributed by atoms with Crippen LogP contribution in [0.25, 0.3) is 0 Å². The Hall–Kier alpha value is -2.04. The molecule has 0 spiro atoms. The number of rotatable bonds is 3. The lowest BCUT2D eigenvalue weighted by Gasteiger charge is -2.22. The van der Waals surface area contributed by atoms with E-state index in [1.54, 1.807) is 11.9 Å². The van der Waals surface area contributed by atoms with E-state index in [-0.39, 0.29) is 11.9 Å². The number of fused-ring (bicyclic) bond motifs is 1. The summed E-state index contributed by atoms with van der Waals surface area (Å²) in [5.74, 6) is 0.121. The predicted molar refractivity (Wildman–Crippen MR) is 85.8 cm³/mol. The molecule has 1 aromatic rings. The Labute approximate surface area is 131 Å². The summed E-state index contributed by atoms with van der Waals surface area (Å²) in [6.45, 7) is 0.490. The maximum atomic E-state index is 11.9. The summed E-state index contributed by atoms with van der Waals surface area (Å²) < 4.78 is 0. The Morgan fingerprint density at radius 2 is 2.05 bits per heavy atom. The average Bonchev–Trinajstić information content (AvgIpc) is 2.81. The van der Waals surface area contributed by atoms with Crippen LogP contribution >= 0.6 is 0 Å². The first-order valence-corrected chi connectivity index (χ1v) is 8.06. The summed E-state index contributed by atoms with van der Waals surface area (Å²) in [5, 5.41) is 5.95. The van der Waals surface area contributed by atoms with Crippen molar-refractivity contribution in [2.45, 2.75) is 51.1 Å². The zero-order valence-corrected chi connectivity index (χ0v) is 13.0. The first-order chi connectivity index (χ1) is 10.6. The molecule has 1 fully saturated rings. The fraction of sp³-hybridized carbons (Fsp3) is 0.529. The highest BCUT2D eigenvalue weighted by molar-refractivity contribution is 6.00. The highest BCUT2D eigenvalue weighted by Crippen LogP contribution is 2.28. The van der Waals surface area contributed by atoms with Crippen molar-refractivity contribution in [1.82, 2.24) is 10.6 Å². The zero-order chi connectivity index (χ0) is 15.5. The monoisotopic (exact) mass is 301 g/mol. The highest BCUT2D eigenvalue weighted by Gasteiger charge is 2.23. The molecule has 5 heteroatoms. The fourth-order valence-corrected chi connectivity index (χ4v) is 3.30. The maximum absolute atomic E-state index is 11.9. The van der Waals surface area contributed by atoms with Crippen LogP contribution in [0.3, 0.4) is 0 Å². The van der Waals surface area contributed by atoms with Crippen molar-refractivity contribution < 1.29 is 9.59 Å². The fourth-order valence-electron chi connectivity index (χ4n) is 3.30. The molecule has 1 saturated carbocycles. The molecule has 0 atom stereocenters. The van der Waals surface area contributed by atoms with Crippen molar-refractivity contribution >= 4 is 17.6 Å². The van der Waals surface area contributed by atoms with Crippen LogP contribution in [0.5, 0.6) is 0 Å². The van der Waals surface area contributed by atoms with E-state index < -0.39 is 0 Å². The van der Waals surface area contributed by atoms with Crippen molar-refractivity contribution in [1.29, 1.82) is 0 Å². The second kappa shape index (κ2) is 6.38. The Morgan fingerprint density at radius 3 is 2.82 bits per heavy atom. The van der Waals surface area contributed by atoms with Crippen LogP contribution in [-0.4, -0.2) is 25.0 Å². The summed E-state index contributed by atoms with van der Waals surface area (Å²) in [6.07, 6.45) is 6.31. The van der Waals surface area contributed by atoms with Crippen molar-refractivity contribution in [3.63, 3.8) is 0 Å². The van der Waals surface area contributed by atoms with E-state index >= 15 is 0 Å². The van der Waals surface area contributed by atoms with Crippen molar-refractivity contribution in [3.8, 4) is 0 Å². The summed E-state index contributed by atoms with van der Waals surface area (Å²) in [5.41, 5.74) is 3.04. The summed E-state index contributed by atoms with van der Waals surface area (Å²) >= 11 is 0. The van der Waals surface area contributed by atoms with Gasteiger partial charge < -0.3 is 15.5 Å². The Kier molecular flexibility index (Phi) is 4.32. The Balaban J connectivity index is 1.52. The number of nitrogens with zero attached hydrogens (tertiary/aromatic N) is 1. The van der Waals surface area contributed by atoms with E-state index in [4.69, 9.17) is 0 Å². The number of hydrogen-bond acceptors (Lipinski definition) is 2. The number of amides is 3. The molecule has 118 valence electrons. The molecule has 2 aliphatic rings. The van der Waals surface area contributed by atoms with Crippen molar-refractivity contribution in [2.75, 3.05) is 11.9 Å². The molecule has 1 aliphatic heterocycles. The third-order valence-corrected chi connectivity index (χ3v) is 4.61. The number of anilines is 1. The van der Waals surface area contributed by atoms with Gasteiger partial charge >= 0.3 is 6.03 Å². The van der Waals surface area contributed by atoms with Gasteiger partial charge in [-0.25, -0.2) is 4.79 Å². The maximum Gasteiger partial charge on any atom is 0.315 e. The number of carbonyl (C=O) groups excluding carboxylic acids is 2. The lowest BCUT2D eigenvalue weighted by atomic mass is 9.96. The molecule has 1 heterocycles. The van der Waals surface area contributed by atoms with Crippen LogP contribution in [0.2, 0.25) is 0 Å². The molecule has 0 aromatic heterocycles. The average molecular weight is 301 g/mol. The summed E-state index contributed by atoms with van der Waals surface area (Å²) in [7, 11) is 1.80. The van der Waals surface area contributed by atoms with Crippen LogP contribution in [0.1, 0.15) is 43.2 Å². The zero-order valence-electron chi connectivity index (χ0n) is 13.0. The predicted octanol–water partition coefficient (Wildman–Crippen LogP) is 2.34. The minimum absolute atomic E-state index is 0.0967. The van der Waals surface area contributed by atoms with Gasteiger partial charge in [0.15, 0.2) is 0 Å². The van der Waals surface area contributed by atoms with Gasteiger partial charge in [0.05, 0.1) is 6.42 Å². The first-order valence-electron chi connectivity index (χ1n) is 8.06. The normalized spacial score (nSPS) is 18.2. The quantitative estimate of drug-likeness (QED) is 0.900. The lowest BCUT2D eigenvalue weighted by Crippen LogP contribution is -2.42. The van der Waals surface area contributed by atoms with Gasteiger partial charge in [-0.15, -0.1) is 0 Å². The number of nitrogens with one attached hydrogen (secondary N) is 2. The minimum atomic E-state index is -0.0967. The number of hydrogen-bond donors (Lipinski definition) is 2. The van der Waals surface area contributed by atoms with E-state index in [9.17, 15) is 9.59 Å². The van der Waals surface area contributed by atoms with E-state index in [0.29, 0.717) is 19.0 Å². The molecule has 0 unspecified atom stereocenters. The highest BCUT2D eigenvalue weighted by atomic mass is 16.2. The molecule has 22 heavy (non-hydrogen) atoms. The molecular weight excluding hydrogens is 278 g/mol. The van der Waals surface area contributed by atoms with Crippen LogP contribution in [0.15, 0.2) is 18.2 Å². The number of carbonyl (C=O) groups is 2. The standard InChI is InChI=1S/C17H23N3O2/c1-20-15-8-7-12(9-13(15)10-16(20)21)11-18-17(22)19-14-5-3-2-4-6-14/h7-9,14H,2-6,10-11H2,1H3,(H2,18,19,22). The second-order valence-electron chi connectivity index (χ2n) is 6.25. The van der Waals surface area contributed by atoms with E-state index in [1.165, 1.54) is 19.3 Å². The van der Waals surface area contributed by atoms with Gasteiger partial charge in [0.25, 0.3) is 0 Å². The van der Waals surface area contributed by atoms with Crippen molar-refractivity contribution in [3.05, 3.63) is 29.3 Å². The lowest BCUT2D eigenvalue weighted by molar-refractivity contribution is -0.117. The molecule has 3 rings (SSSR count). The van der Waals surface area contributed by atoms with E-state index in [0.717, 1.165) is 29.7 Å². The molecule has 2 N–H and O–H groups in total. The van der Waals surface area contributed by atoms with Gasteiger partial charge in [-0.3, -0.25) is 4.79 Å². The number of urea groups is 1. The third-order valence-electron chi connectivity index (χ3n) is 4.61. The Bertz CT molecular complexity index is 579. The van der Waals surface area contributed by atoms with Crippen molar-refractivity contribution in [2.24, 2.45) is 0 Å². The molecule has 0 saturated heterocycles. The molecular formula is C17H23N3O2. The van der Waals surface area contributed by atoms with Crippen LogP contribution < -0.4 is 15.5 Å². The molecule has 1 aromatic carbocycles. The number of likely N-dealkylation sites (N-methyl/N-ethyl adjacent to an activating group) is 1. The van der Waals surface area contributed by atoms with Gasteiger partial charge in [0.2, 0.25) is 5.91 Å². The van der Waals surface area contributed by atoms with Gasteiger partial charge in [-0.05, 0) is 30.0 Å².